The molecule has 0 atom stereocenters. The molecule has 1 amide bonds. The molecule has 0 aliphatic carbocycles. The highest BCUT2D eigenvalue weighted by Crippen LogP contribution is 2.26. The molecule has 30 heavy (non-hydrogen) atoms. The summed E-state index contributed by atoms with van der Waals surface area (Å²) in [4.78, 5) is 16.7. The van der Waals surface area contributed by atoms with Crippen LogP contribution in [-0.2, 0) is 17.9 Å². The van der Waals surface area contributed by atoms with Gasteiger partial charge in [-0.15, -0.1) is 0 Å². The summed E-state index contributed by atoms with van der Waals surface area (Å²) in [5, 5.41) is 2.99. The molecule has 0 fully saturated rings. The van der Waals surface area contributed by atoms with Gasteiger partial charge < -0.3 is 14.6 Å². The molecular formula is C25H33N3O2. The summed E-state index contributed by atoms with van der Waals surface area (Å²) in [5.41, 5.74) is 3.33. The van der Waals surface area contributed by atoms with Crippen LogP contribution < -0.4 is 10.1 Å². The number of ether oxygens (including phenoxy) is 1. The Morgan fingerprint density at radius 2 is 1.77 bits per heavy atom. The van der Waals surface area contributed by atoms with Crippen molar-refractivity contribution in [1.82, 2.24) is 14.9 Å². The Morgan fingerprint density at radius 3 is 2.53 bits per heavy atom. The van der Waals surface area contributed by atoms with Crippen LogP contribution >= 0.6 is 0 Å². The number of hydrogen-bond acceptors (Lipinski definition) is 3. The Morgan fingerprint density at radius 1 is 1.03 bits per heavy atom. The summed E-state index contributed by atoms with van der Waals surface area (Å²) >= 11 is 0. The van der Waals surface area contributed by atoms with E-state index in [4.69, 9.17) is 9.72 Å². The third-order valence-corrected chi connectivity index (χ3v) is 5.25. The average molecular weight is 408 g/mol. The van der Waals surface area contributed by atoms with Crippen LogP contribution in [-0.4, -0.2) is 22.1 Å². The van der Waals surface area contributed by atoms with E-state index in [0.29, 0.717) is 19.1 Å². The molecule has 5 heteroatoms. The Kier molecular flexibility index (Phi) is 7.50. The third kappa shape index (κ3) is 5.41. The fourth-order valence-electron chi connectivity index (χ4n) is 3.52. The van der Waals surface area contributed by atoms with Gasteiger partial charge in [-0.1, -0.05) is 58.0 Å². The molecule has 0 radical (unpaired) electrons. The molecule has 1 heterocycles. The van der Waals surface area contributed by atoms with Gasteiger partial charge in [0.25, 0.3) is 0 Å². The molecule has 0 saturated carbocycles. The van der Waals surface area contributed by atoms with E-state index < -0.39 is 0 Å². The summed E-state index contributed by atoms with van der Waals surface area (Å²) in [7, 11) is 0. The van der Waals surface area contributed by atoms with Gasteiger partial charge >= 0.3 is 0 Å². The Bertz CT molecular complexity index is 975. The van der Waals surface area contributed by atoms with E-state index in [9.17, 15) is 4.79 Å². The van der Waals surface area contributed by atoms with Gasteiger partial charge in [-0.25, -0.2) is 4.98 Å². The summed E-state index contributed by atoms with van der Waals surface area (Å²) in [6, 6.07) is 16.4. The SMILES string of the molecule is CC(C)C(=O)NCc1nc2ccccc2n1CCCCOc1ccccc1C(C)C. The van der Waals surface area contributed by atoms with Crippen molar-refractivity contribution in [2.45, 2.75) is 59.5 Å². The number of nitrogens with zero attached hydrogens (tertiary/aromatic N) is 2. The van der Waals surface area contributed by atoms with Gasteiger partial charge in [0.1, 0.15) is 11.6 Å². The number of carbonyl (C=O) groups excluding carboxylic acids is 1. The Balaban J connectivity index is 1.60. The van der Waals surface area contributed by atoms with E-state index in [-0.39, 0.29) is 11.8 Å². The van der Waals surface area contributed by atoms with Crippen LogP contribution in [0, 0.1) is 5.92 Å². The fraction of sp³-hybridized carbons (Fsp3) is 0.440. The van der Waals surface area contributed by atoms with E-state index >= 15 is 0 Å². The van der Waals surface area contributed by atoms with E-state index in [0.717, 1.165) is 42.0 Å². The monoisotopic (exact) mass is 407 g/mol. The number of fused-ring (bicyclic) bond motifs is 1. The minimum atomic E-state index is -0.0336. The lowest BCUT2D eigenvalue weighted by Gasteiger charge is -2.14. The second kappa shape index (κ2) is 10.3. The predicted octanol–water partition coefficient (Wildman–Crippen LogP) is 5.29. The maximum Gasteiger partial charge on any atom is 0.222 e. The van der Waals surface area contributed by atoms with Crippen molar-refractivity contribution in [3.05, 3.63) is 59.9 Å². The molecule has 2 aromatic carbocycles. The van der Waals surface area contributed by atoms with Crippen molar-refractivity contribution in [2.24, 2.45) is 5.92 Å². The smallest absolute Gasteiger partial charge is 0.222 e. The van der Waals surface area contributed by atoms with E-state index in [2.05, 4.69) is 41.9 Å². The van der Waals surface area contributed by atoms with Gasteiger partial charge in [0.05, 0.1) is 24.2 Å². The van der Waals surface area contributed by atoms with Crippen molar-refractivity contribution in [3.63, 3.8) is 0 Å². The highest BCUT2D eigenvalue weighted by Gasteiger charge is 2.13. The zero-order valence-electron chi connectivity index (χ0n) is 18.5. The second-order valence-electron chi connectivity index (χ2n) is 8.29. The maximum atomic E-state index is 12.0. The van der Waals surface area contributed by atoms with Crippen molar-refractivity contribution >= 4 is 16.9 Å². The predicted molar refractivity (Wildman–Crippen MR) is 122 cm³/mol. The first-order chi connectivity index (χ1) is 14.5. The first-order valence-electron chi connectivity index (χ1n) is 10.9. The lowest BCUT2D eigenvalue weighted by Crippen LogP contribution is -2.28. The quantitative estimate of drug-likeness (QED) is 0.465. The van der Waals surface area contributed by atoms with Crippen LogP contribution in [0.15, 0.2) is 48.5 Å². The lowest BCUT2D eigenvalue weighted by molar-refractivity contribution is -0.124. The number of hydrogen-bond donors (Lipinski definition) is 1. The number of imidazole rings is 1. The first-order valence-corrected chi connectivity index (χ1v) is 10.9. The average Bonchev–Trinajstić information content (AvgIpc) is 3.09. The standard InChI is InChI=1S/C25H33N3O2/c1-18(2)20-11-5-8-14-23(20)30-16-10-9-15-28-22-13-7-6-12-21(22)27-24(28)17-26-25(29)19(3)4/h5-8,11-14,18-19H,9-10,15-17H2,1-4H3,(H,26,29). The molecule has 3 rings (SSSR count). The van der Waals surface area contributed by atoms with E-state index in [1.165, 1.54) is 5.56 Å². The van der Waals surface area contributed by atoms with Gasteiger partial charge in [-0.2, -0.15) is 0 Å². The zero-order chi connectivity index (χ0) is 21.5. The Hall–Kier alpha value is -2.82. The van der Waals surface area contributed by atoms with E-state index in [1.807, 2.05) is 44.2 Å². The molecule has 0 bridgehead atoms. The van der Waals surface area contributed by atoms with Crippen LogP contribution in [0.2, 0.25) is 0 Å². The van der Waals surface area contributed by atoms with Crippen LogP contribution in [0.4, 0.5) is 0 Å². The van der Waals surface area contributed by atoms with Gasteiger partial charge in [-0.05, 0) is 42.5 Å². The lowest BCUT2D eigenvalue weighted by atomic mass is 10.0. The molecular weight excluding hydrogens is 374 g/mol. The van der Waals surface area contributed by atoms with Gasteiger partial charge in [-0.3, -0.25) is 4.79 Å². The number of rotatable bonds is 10. The van der Waals surface area contributed by atoms with Crippen molar-refractivity contribution < 1.29 is 9.53 Å². The largest absolute Gasteiger partial charge is 0.493 e. The van der Waals surface area contributed by atoms with Gasteiger partial charge in [0, 0.05) is 12.5 Å². The number of benzene rings is 2. The van der Waals surface area contributed by atoms with Crippen molar-refractivity contribution in [2.75, 3.05) is 6.61 Å². The summed E-state index contributed by atoms with van der Waals surface area (Å²) in [5.74, 6) is 2.34. The van der Waals surface area contributed by atoms with Crippen molar-refractivity contribution in [3.8, 4) is 5.75 Å². The maximum absolute atomic E-state index is 12.0. The molecule has 0 unspecified atom stereocenters. The number of nitrogens with one attached hydrogen (secondary N) is 1. The third-order valence-electron chi connectivity index (χ3n) is 5.25. The molecule has 1 N–H and O–H groups in total. The molecule has 3 aromatic rings. The molecule has 0 aliphatic heterocycles. The second-order valence-corrected chi connectivity index (χ2v) is 8.29. The summed E-state index contributed by atoms with van der Waals surface area (Å²) in [6.07, 6.45) is 1.94. The summed E-state index contributed by atoms with van der Waals surface area (Å²) in [6.45, 7) is 10.2. The number of aromatic nitrogens is 2. The number of aryl methyl sites for hydroxylation is 1. The normalized spacial score (nSPS) is 11.4. The first kappa shape index (κ1) is 21.9. The van der Waals surface area contributed by atoms with Crippen molar-refractivity contribution in [1.29, 1.82) is 0 Å². The van der Waals surface area contributed by atoms with Gasteiger partial charge in [0.15, 0.2) is 0 Å². The molecule has 160 valence electrons. The highest BCUT2D eigenvalue weighted by molar-refractivity contribution is 5.78. The minimum Gasteiger partial charge on any atom is -0.493 e. The summed E-state index contributed by atoms with van der Waals surface area (Å²) < 4.78 is 8.28. The zero-order valence-corrected chi connectivity index (χ0v) is 18.5. The van der Waals surface area contributed by atoms with Crippen LogP contribution in [0.5, 0.6) is 5.75 Å². The number of para-hydroxylation sites is 3. The fourth-order valence-corrected chi connectivity index (χ4v) is 3.52. The van der Waals surface area contributed by atoms with Gasteiger partial charge in [0.2, 0.25) is 5.91 Å². The Labute approximate surface area is 179 Å². The highest BCUT2D eigenvalue weighted by atomic mass is 16.5. The topological polar surface area (TPSA) is 56.2 Å². The number of amides is 1. The number of carbonyl (C=O) groups is 1. The van der Waals surface area contributed by atoms with Crippen LogP contribution in [0.25, 0.3) is 11.0 Å². The molecule has 0 aliphatic rings. The van der Waals surface area contributed by atoms with Crippen LogP contribution in [0.1, 0.15) is 57.8 Å². The number of unbranched alkanes of at least 4 members (excludes halogenated alkanes) is 1. The molecule has 1 aromatic heterocycles. The molecule has 5 nitrogen and oxygen atoms in total. The minimum absolute atomic E-state index is 0.0336. The molecule has 0 saturated heterocycles. The van der Waals surface area contributed by atoms with Crippen LogP contribution in [0.3, 0.4) is 0 Å². The van der Waals surface area contributed by atoms with E-state index in [1.54, 1.807) is 0 Å². The molecule has 0 spiro atoms.